The number of aromatic nitrogens is 1. The summed E-state index contributed by atoms with van der Waals surface area (Å²) in [5, 5.41) is 1.01. The Morgan fingerprint density at radius 3 is 2.47 bits per heavy atom. The van der Waals surface area contributed by atoms with Crippen molar-refractivity contribution in [2.45, 2.75) is 32.7 Å². The molecule has 0 radical (unpaired) electrons. The van der Waals surface area contributed by atoms with E-state index in [4.69, 9.17) is 0 Å². The average molecular weight is 467 g/mol. The predicted molar refractivity (Wildman–Crippen MR) is 124 cm³/mol. The highest BCUT2D eigenvalue weighted by Gasteiger charge is 2.25. The number of Topliss-reactive ketones (excluding diaryl/α,β-unsaturated/α-hetero) is 2. The fourth-order valence-corrected chi connectivity index (χ4v) is 4.82. The first-order valence-electron chi connectivity index (χ1n) is 10.6. The van der Waals surface area contributed by atoms with Gasteiger partial charge in [0.2, 0.25) is 0 Å². The lowest BCUT2D eigenvalue weighted by molar-refractivity contribution is 0.0838. The number of benzene rings is 2. The third kappa shape index (κ3) is 4.57. The summed E-state index contributed by atoms with van der Waals surface area (Å²) in [6, 6.07) is 15.8. The van der Waals surface area contributed by atoms with Gasteiger partial charge in [0.05, 0.1) is 0 Å². The number of ketones is 2. The van der Waals surface area contributed by atoms with Crippen LogP contribution in [0.2, 0.25) is 0 Å². The van der Waals surface area contributed by atoms with Gasteiger partial charge in [0, 0.05) is 45.2 Å². The van der Waals surface area contributed by atoms with E-state index in [-0.39, 0.29) is 17.5 Å². The largest absolute Gasteiger partial charge is 0.347 e. The van der Waals surface area contributed by atoms with Crippen molar-refractivity contribution in [3.8, 4) is 0 Å². The van der Waals surface area contributed by atoms with Gasteiger partial charge in [-0.1, -0.05) is 46.3 Å². The van der Waals surface area contributed by atoms with E-state index in [1.54, 1.807) is 6.92 Å². The Balaban J connectivity index is 1.32. The number of nitrogens with zero attached hydrogens (tertiary/aromatic N) is 2. The molecule has 2 heterocycles. The van der Waals surface area contributed by atoms with Crippen molar-refractivity contribution < 1.29 is 9.59 Å². The molecule has 0 bridgehead atoms. The van der Waals surface area contributed by atoms with E-state index in [0.717, 1.165) is 71.9 Å². The van der Waals surface area contributed by atoms with Crippen molar-refractivity contribution in [3.05, 3.63) is 70.3 Å². The van der Waals surface area contributed by atoms with Gasteiger partial charge in [0.25, 0.3) is 0 Å². The molecule has 0 atom stereocenters. The highest BCUT2D eigenvalue weighted by atomic mass is 79.9. The van der Waals surface area contributed by atoms with Crippen LogP contribution in [-0.4, -0.2) is 40.7 Å². The number of hydrogen-bond acceptors (Lipinski definition) is 3. The van der Waals surface area contributed by atoms with Gasteiger partial charge in [0.15, 0.2) is 11.6 Å². The van der Waals surface area contributed by atoms with Crippen molar-refractivity contribution in [2.75, 3.05) is 19.6 Å². The number of likely N-dealkylation sites (tertiary alicyclic amines) is 1. The molecule has 3 aromatic rings. The SMILES string of the molecule is CC(=O)c1cn(CCCN2CCC(C(=O)c3ccccc3)CC2)c2ccc(Br)cc12. The van der Waals surface area contributed by atoms with Crippen LogP contribution in [-0.2, 0) is 6.54 Å². The normalized spacial score (nSPS) is 15.5. The fraction of sp³-hybridized carbons (Fsp3) is 0.360. The van der Waals surface area contributed by atoms with E-state index < -0.39 is 0 Å². The molecule has 0 aliphatic carbocycles. The molecule has 0 unspecified atom stereocenters. The highest BCUT2D eigenvalue weighted by Crippen LogP contribution is 2.26. The fourth-order valence-electron chi connectivity index (χ4n) is 4.46. The maximum atomic E-state index is 12.7. The Kier molecular flexibility index (Phi) is 6.49. The quantitative estimate of drug-likeness (QED) is 0.426. The number of piperidine rings is 1. The number of halogens is 1. The number of carbonyl (C=O) groups is 2. The third-order valence-corrected chi connectivity index (χ3v) is 6.61. The molecule has 4 rings (SSSR count). The zero-order valence-electron chi connectivity index (χ0n) is 17.3. The molecule has 2 aromatic carbocycles. The summed E-state index contributed by atoms with van der Waals surface area (Å²) >= 11 is 3.51. The van der Waals surface area contributed by atoms with Crippen LogP contribution in [0.15, 0.2) is 59.2 Å². The summed E-state index contributed by atoms with van der Waals surface area (Å²) in [4.78, 5) is 27.1. The molecule has 0 spiro atoms. The van der Waals surface area contributed by atoms with E-state index in [9.17, 15) is 9.59 Å². The Morgan fingerprint density at radius 1 is 1.03 bits per heavy atom. The van der Waals surface area contributed by atoms with E-state index in [1.165, 1.54) is 0 Å². The molecule has 5 heteroatoms. The first kappa shape index (κ1) is 21.0. The number of aryl methyl sites for hydroxylation is 1. The molecule has 30 heavy (non-hydrogen) atoms. The Bertz CT molecular complexity index is 1050. The maximum absolute atomic E-state index is 12.7. The van der Waals surface area contributed by atoms with Gasteiger partial charge in [0.1, 0.15) is 0 Å². The number of fused-ring (bicyclic) bond motifs is 1. The van der Waals surface area contributed by atoms with Gasteiger partial charge in [-0.25, -0.2) is 0 Å². The van der Waals surface area contributed by atoms with Crippen molar-refractivity contribution >= 4 is 38.4 Å². The molecule has 1 aliphatic rings. The zero-order chi connectivity index (χ0) is 21.1. The predicted octanol–water partition coefficient (Wildman–Crippen LogP) is 5.59. The molecule has 156 valence electrons. The summed E-state index contributed by atoms with van der Waals surface area (Å²) in [6.45, 7) is 5.47. The first-order chi connectivity index (χ1) is 14.5. The highest BCUT2D eigenvalue weighted by molar-refractivity contribution is 9.10. The summed E-state index contributed by atoms with van der Waals surface area (Å²) < 4.78 is 3.19. The third-order valence-electron chi connectivity index (χ3n) is 6.11. The van der Waals surface area contributed by atoms with Gasteiger partial charge in [-0.3, -0.25) is 9.59 Å². The Hall–Kier alpha value is -2.24. The summed E-state index contributed by atoms with van der Waals surface area (Å²) in [5.41, 5.74) is 2.73. The van der Waals surface area contributed by atoms with Crippen molar-refractivity contribution in [1.82, 2.24) is 9.47 Å². The average Bonchev–Trinajstić information content (AvgIpc) is 3.12. The molecule has 1 fully saturated rings. The van der Waals surface area contributed by atoms with Crippen LogP contribution in [0.1, 0.15) is 46.9 Å². The minimum absolute atomic E-state index is 0.0991. The monoisotopic (exact) mass is 466 g/mol. The van der Waals surface area contributed by atoms with Crippen LogP contribution >= 0.6 is 15.9 Å². The van der Waals surface area contributed by atoms with Gasteiger partial charge in [-0.05, 0) is 64.0 Å². The lowest BCUT2D eigenvalue weighted by Crippen LogP contribution is -2.37. The molecule has 0 N–H and O–H groups in total. The first-order valence-corrected chi connectivity index (χ1v) is 11.4. The minimum atomic E-state index is 0.0991. The topological polar surface area (TPSA) is 42.3 Å². The van der Waals surface area contributed by atoms with Crippen LogP contribution < -0.4 is 0 Å². The molecule has 4 nitrogen and oxygen atoms in total. The van der Waals surface area contributed by atoms with E-state index in [1.807, 2.05) is 48.7 Å². The second kappa shape index (κ2) is 9.27. The molecule has 1 saturated heterocycles. The molecule has 1 aliphatic heterocycles. The van der Waals surface area contributed by atoms with Crippen molar-refractivity contribution in [3.63, 3.8) is 0 Å². The molecular formula is C25H27BrN2O2. The van der Waals surface area contributed by atoms with Crippen LogP contribution in [0.5, 0.6) is 0 Å². The Morgan fingerprint density at radius 2 is 1.77 bits per heavy atom. The lowest BCUT2D eigenvalue weighted by atomic mass is 9.89. The van der Waals surface area contributed by atoms with Gasteiger partial charge < -0.3 is 9.47 Å². The maximum Gasteiger partial charge on any atom is 0.166 e. The second-order valence-electron chi connectivity index (χ2n) is 8.15. The second-order valence-corrected chi connectivity index (χ2v) is 9.07. The Labute approximate surface area is 186 Å². The molecule has 0 amide bonds. The van der Waals surface area contributed by atoms with Crippen LogP contribution in [0, 0.1) is 5.92 Å². The van der Waals surface area contributed by atoms with Crippen molar-refractivity contribution in [1.29, 1.82) is 0 Å². The van der Waals surface area contributed by atoms with Crippen molar-refractivity contribution in [2.24, 2.45) is 5.92 Å². The summed E-state index contributed by atoms with van der Waals surface area (Å²) in [5.74, 6) is 0.535. The van der Waals surface area contributed by atoms with E-state index >= 15 is 0 Å². The van der Waals surface area contributed by atoms with E-state index in [2.05, 4.69) is 31.5 Å². The van der Waals surface area contributed by atoms with E-state index in [0.29, 0.717) is 0 Å². The van der Waals surface area contributed by atoms with Crippen LogP contribution in [0.3, 0.4) is 0 Å². The van der Waals surface area contributed by atoms with Gasteiger partial charge in [-0.15, -0.1) is 0 Å². The summed E-state index contributed by atoms with van der Waals surface area (Å²) in [6.07, 6.45) is 4.88. The van der Waals surface area contributed by atoms with Gasteiger partial charge >= 0.3 is 0 Å². The number of rotatable bonds is 7. The summed E-state index contributed by atoms with van der Waals surface area (Å²) in [7, 11) is 0. The number of hydrogen-bond donors (Lipinski definition) is 0. The van der Waals surface area contributed by atoms with Gasteiger partial charge in [-0.2, -0.15) is 0 Å². The molecule has 0 saturated carbocycles. The zero-order valence-corrected chi connectivity index (χ0v) is 18.9. The molecular weight excluding hydrogens is 440 g/mol. The lowest BCUT2D eigenvalue weighted by Gasteiger charge is -2.31. The van der Waals surface area contributed by atoms with Crippen LogP contribution in [0.4, 0.5) is 0 Å². The van der Waals surface area contributed by atoms with Crippen LogP contribution in [0.25, 0.3) is 10.9 Å². The minimum Gasteiger partial charge on any atom is -0.347 e. The number of carbonyl (C=O) groups excluding carboxylic acids is 2. The molecule has 1 aromatic heterocycles. The standard InChI is InChI=1S/C25H27BrN2O2/c1-18(29)23-17-28(24-9-8-21(26)16-22(23)24)13-5-12-27-14-10-20(11-15-27)25(30)19-6-3-2-4-7-19/h2-4,6-9,16-17,20H,5,10-15H2,1H3. The smallest absolute Gasteiger partial charge is 0.166 e.